The zero-order valence-electron chi connectivity index (χ0n) is 11.7. The van der Waals surface area contributed by atoms with Gasteiger partial charge in [-0.2, -0.15) is 0 Å². The largest absolute Gasteiger partial charge is 0.357 e. The van der Waals surface area contributed by atoms with Gasteiger partial charge in [-0.3, -0.25) is 4.79 Å². The van der Waals surface area contributed by atoms with Gasteiger partial charge in [0.25, 0.3) is 0 Å². The molecule has 0 radical (unpaired) electrons. The lowest BCUT2D eigenvalue weighted by Crippen LogP contribution is -2.39. The maximum absolute atomic E-state index is 12.1. The molecule has 2 rings (SSSR count). The second kappa shape index (κ2) is 6.05. The first-order chi connectivity index (χ1) is 9.54. The number of benzene rings is 1. The first kappa shape index (κ1) is 14.5. The Kier molecular flexibility index (Phi) is 4.39. The van der Waals surface area contributed by atoms with Crippen molar-refractivity contribution in [3.8, 4) is 0 Å². The summed E-state index contributed by atoms with van der Waals surface area (Å²) in [6.45, 7) is 4.40. The van der Waals surface area contributed by atoms with Crippen LogP contribution in [-0.2, 0) is 4.79 Å². The summed E-state index contributed by atoms with van der Waals surface area (Å²) in [4.78, 5) is 13.7. The number of halogens is 1. The lowest BCUT2D eigenvalue weighted by atomic mass is 10.2. The number of fused-ring (bicyclic) bond motifs is 1. The van der Waals surface area contributed by atoms with Gasteiger partial charge in [-0.1, -0.05) is 35.9 Å². The maximum Gasteiger partial charge on any atom is 0.244 e. The summed E-state index contributed by atoms with van der Waals surface area (Å²) in [5.41, 5.74) is 0. The number of carbonyl (C=O) groups excluding carboxylic acids is 1. The zero-order chi connectivity index (χ0) is 14.7. The molecule has 106 valence electrons. The third-order valence-corrected chi connectivity index (χ3v) is 3.50. The molecule has 2 aromatic rings. The van der Waals surface area contributed by atoms with Gasteiger partial charge in [-0.05, 0) is 13.8 Å². The third kappa shape index (κ3) is 2.82. The summed E-state index contributed by atoms with van der Waals surface area (Å²) in [5.74, 6) is 0.573. The van der Waals surface area contributed by atoms with Crippen molar-refractivity contribution in [2.45, 2.75) is 19.9 Å². The molecule has 1 N–H and O–H groups in total. The quantitative estimate of drug-likeness (QED) is 0.941. The number of hydrogen-bond acceptors (Lipinski definition) is 4. The van der Waals surface area contributed by atoms with Gasteiger partial charge in [0.2, 0.25) is 5.91 Å². The Labute approximate surface area is 122 Å². The molecule has 1 heterocycles. The van der Waals surface area contributed by atoms with Crippen molar-refractivity contribution in [2.24, 2.45) is 0 Å². The van der Waals surface area contributed by atoms with E-state index in [0.29, 0.717) is 17.5 Å². The molecule has 5 nitrogen and oxygen atoms in total. The Morgan fingerprint density at radius 1 is 1.35 bits per heavy atom. The van der Waals surface area contributed by atoms with Gasteiger partial charge in [-0.15, -0.1) is 10.2 Å². The van der Waals surface area contributed by atoms with E-state index in [-0.39, 0.29) is 11.9 Å². The Bertz CT molecular complexity index is 632. The summed E-state index contributed by atoms with van der Waals surface area (Å²) in [5, 5.41) is 13.1. The molecule has 1 aromatic heterocycles. The Morgan fingerprint density at radius 3 is 2.65 bits per heavy atom. The number of amides is 1. The highest BCUT2D eigenvalue weighted by Gasteiger charge is 2.18. The van der Waals surface area contributed by atoms with Crippen molar-refractivity contribution in [3.05, 3.63) is 29.4 Å². The number of likely N-dealkylation sites (N-methyl/N-ethyl adjacent to an activating group) is 1. The number of nitrogens with one attached hydrogen (secondary N) is 1. The standard InChI is InChI=1S/C14H17ClN4O/c1-4-19(3)14(20)9(2)16-13-11-8-6-5-7-10(11)12(15)17-18-13/h5-9H,4H2,1-3H3,(H,16,18). The van der Waals surface area contributed by atoms with E-state index in [1.807, 2.05) is 31.2 Å². The van der Waals surface area contributed by atoms with Gasteiger partial charge in [0, 0.05) is 24.4 Å². The Balaban J connectivity index is 2.31. The molecule has 1 atom stereocenters. The van der Waals surface area contributed by atoms with Gasteiger partial charge in [0.1, 0.15) is 6.04 Å². The number of anilines is 1. The van der Waals surface area contributed by atoms with Crippen molar-refractivity contribution in [2.75, 3.05) is 18.9 Å². The minimum Gasteiger partial charge on any atom is -0.357 e. The molecule has 0 saturated heterocycles. The van der Waals surface area contributed by atoms with E-state index in [4.69, 9.17) is 11.6 Å². The molecule has 20 heavy (non-hydrogen) atoms. The van der Waals surface area contributed by atoms with Gasteiger partial charge >= 0.3 is 0 Å². The fourth-order valence-electron chi connectivity index (χ4n) is 1.93. The van der Waals surface area contributed by atoms with E-state index < -0.39 is 0 Å². The van der Waals surface area contributed by atoms with Crippen molar-refractivity contribution in [1.29, 1.82) is 0 Å². The summed E-state index contributed by atoms with van der Waals surface area (Å²) in [7, 11) is 1.77. The molecule has 6 heteroatoms. The molecule has 0 aliphatic rings. The lowest BCUT2D eigenvalue weighted by molar-refractivity contribution is -0.130. The number of carbonyl (C=O) groups is 1. The summed E-state index contributed by atoms with van der Waals surface area (Å²) in [6.07, 6.45) is 0. The highest BCUT2D eigenvalue weighted by Crippen LogP contribution is 2.25. The van der Waals surface area contributed by atoms with Crippen molar-refractivity contribution in [3.63, 3.8) is 0 Å². The second-order valence-electron chi connectivity index (χ2n) is 4.60. The number of rotatable bonds is 4. The highest BCUT2D eigenvalue weighted by atomic mass is 35.5. The predicted octanol–water partition coefficient (Wildman–Crippen LogP) is 2.56. The fraction of sp³-hybridized carbons (Fsp3) is 0.357. The average Bonchev–Trinajstić information content (AvgIpc) is 2.48. The van der Waals surface area contributed by atoms with E-state index in [0.717, 1.165) is 10.8 Å². The zero-order valence-corrected chi connectivity index (χ0v) is 12.5. The van der Waals surface area contributed by atoms with Gasteiger partial charge in [-0.25, -0.2) is 0 Å². The van der Waals surface area contributed by atoms with Crippen molar-refractivity contribution < 1.29 is 4.79 Å². The van der Waals surface area contributed by atoms with Crippen LogP contribution in [0, 0.1) is 0 Å². The van der Waals surface area contributed by atoms with Crippen LogP contribution in [0.1, 0.15) is 13.8 Å². The van der Waals surface area contributed by atoms with E-state index >= 15 is 0 Å². The summed E-state index contributed by atoms with van der Waals surface area (Å²) in [6, 6.07) is 7.19. The van der Waals surface area contributed by atoms with Crippen LogP contribution in [0.15, 0.2) is 24.3 Å². The van der Waals surface area contributed by atoms with Gasteiger partial charge < -0.3 is 10.2 Å². The van der Waals surface area contributed by atoms with Crippen LogP contribution < -0.4 is 5.32 Å². The predicted molar refractivity (Wildman–Crippen MR) is 80.9 cm³/mol. The van der Waals surface area contributed by atoms with Gasteiger partial charge in [0.15, 0.2) is 11.0 Å². The smallest absolute Gasteiger partial charge is 0.244 e. The lowest BCUT2D eigenvalue weighted by Gasteiger charge is -2.21. The summed E-state index contributed by atoms with van der Waals surface area (Å²) >= 11 is 6.02. The van der Waals surface area contributed by atoms with Crippen LogP contribution in [-0.4, -0.2) is 40.6 Å². The van der Waals surface area contributed by atoms with Crippen LogP contribution in [0.4, 0.5) is 5.82 Å². The van der Waals surface area contributed by atoms with Gasteiger partial charge in [0.05, 0.1) is 0 Å². The molecule has 0 fully saturated rings. The van der Waals surface area contributed by atoms with Crippen LogP contribution >= 0.6 is 11.6 Å². The molecule has 1 aromatic carbocycles. The van der Waals surface area contributed by atoms with Crippen LogP contribution in [0.5, 0.6) is 0 Å². The van der Waals surface area contributed by atoms with Crippen molar-refractivity contribution >= 4 is 34.1 Å². The van der Waals surface area contributed by atoms with Crippen LogP contribution in [0.25, 0.3) is 10.8 Å². The minimum atomic E-state index is -0.376. The van der Waals surface area contributed by atoms with E-state index in [9.17, 15) is 4.79 Å². The summed E-state index contributed by atoms with van der Waals surface area (Å²) < 4.78 is 0. The maximum atomic E-state index is 12.1. The monoisotopic (exact) mass is 292 g/mol. The SMILES string of the molecule is CCN(C)C(=O)C(C)Nc1nnc(Cl)c2ccccc12. The molecular formula is C14H17ClN4O. The average molecular weight is 293 g/mol. The van der Waals surface area contributed by atoms with E-state index in [1.165, 1.54) is 0 Å². The third-order valence-electron chi connectivity index (χ3n) is 3.22. The van der Waals surface area contributed by atoms with Crippen LogP contribution in [0.3, 0.4) is 0 Å². The molecule has 0 aliphatic carbocycles. The Hall–Kier alpha value is -1.88. The molecule has 0 spiro atoms. The first-order valence-electron chi connectivity index (χ1n) is 6.47. The molecule has 0 bridgehead atoms. The van der Waals surface area contributed by atoms with Crippen molar-refractivity contribution in [1.82, 2.24) is 15.1 Å². The minimum absolute atomic E-state index is 0.00771. The molecular weight excluding hydrogens is 276 g/mol. The molecule has 1 unspecified atom stereocenters. The van der Waals surface area contributed by atoms with E-state index in [1.54, 1.807) is 18.9 Å². The van der Waals surface area contributed by atoms with E-state index in [2.05, 4.69) is 15.5 Å². The second-order valence-corrected chi connectivity index (χ2v) is 4.96. The number of nitrogens with zero attached hydrogens (tertiary/aromatic N) is 3. The Morgan fingerprint density at radius 2 is 2.00 bits per heavy atom. The normalized spacial score (nSPS) is 12.2. The number of hydrogen-bond donors (Lipinski definition) is 1. The molecule has 0 aliphatic heterocycles. The first-order valence-corrected chi connectivity index (χ1v) is 6.84. The molecule has 0 saturated carbocycles. The highest BCUT2D eigenvalue weighted by molar-refractivity contribution is 6.34. The molecule has 1 amide bonds. The fourth-order valence-corrected chi connectivity index (χ4v) is 2.13. The van der Waals surface area contributed by atoms with Crippen LogP contribution in [0.2, 0.25) is 5.15 Å². The number of aromatic nitrogens is 2. The topological polar surface area (TPSA) is 58.1 Å².